The van der Waals surface area contributed by atoms with Gasteiger partial charge >= 0.3 is 5.97 Å². The Hall–Kier alpha value is -1.92. The van der Waals surface area contributed by atoms with Crippen LogP contribution in [0.25, 0.3) is 0 Å². The van der Waals surface area contributed by atoms with Crippen LogP contribution in [0.1, 0.15) is 50.2 Å². The fourth-order valence-electron chi connectivity index (χ4n) is 4.55. The maximum atomic E-state index is 13.0. The number of carbonyl (C=O) groups is 2. The predicted molar refractivity (Wildman–Crippen MR) is 84.9 cm³/mol. The molecule has 1 aliphatic heterocycles. The predicted octanol–water partition coefficient (Wildman–Crippen LogP) is 1.60. The Morgan fingerprint density at radius 3 is 2.62 bits per heavy atom. The van der Waals surface area contributed by atoms with Crippen LogP contribution in [0.3, 0.4) is 0 Å². The van der Waals surface area contributed by atoms with Crippen molar-refractivity contribution in [3.05, 3.63) is 11.6 Å². The standard InChI is InChI=1S/C17H24N4O3/c1-10-18-19-15-9-21(14(17(23)24)8-20(10)15)16(22)13-7-12(13)11-5-3-2-4-6-11/h11-14H,2-9H2,1H3,(H,23,24). The summed E-state index contributed by atoms with van der Waals surface area (Å²) in [6.07, 6.45) is 7.23. The number of nitrogens with zero attached hydrogens (tertiary/aromatic N) is 4. The van der Waals surface area contributed by atoms with Crippen molar-refractivity contribution >= 4 is 11.9 Å². The molecule has 4 rings (SSSR count). The average molecular weight is 332 g/mol. The van der Waals surface area contributed by atoms with Crippen molar-refractivity contribution in [3.63, 3.8) is 0 Å². The maximum absolute atomic E-state index is 13.0. The third-order valence-corrected chi connectivity index (χ3v) is 6.04. The highest BCUT2D eigenvalue weighted by molar-refractivity contribution is 5.87. The number of amides is 1. The number of carboxylic acids is 1. The summed E-state index contributed by atoms with van der Waals surface area (Å²) < 4.78 is 1.81. The highest BCUT2D eigenvalue weighted by Gasteiger charge is 2.51. The molecule has 7 nitrogen and oxygen atoms in total. The van der Waals surface area contributed by atoms with E-state index in [1.807, 2.05) is 11.5 Å². The molecule has 2 aliphatic carbocycles. The summed E-state index contributed by atoms with van der Waals surface area (Å²) in [5, 5.41) is 17.7. The topological polar surface area (TPSA) is 88.3 Å². The lowest BCUT2D eigenvalue weighted by Crippen LogP contribution is -2.51. The number of hydrogen-bond donors (Lipinski definition) is 1. The lowest BCUT2D eigenvalue weighted by molar-refractivity contribution is -0.153. The van der Waals surface area contributed by atoms with Crippen molar-refractivity contribution < 1.29 is 14.7 Å². The molecular formula is C17H24N4O3. The molecule has 0 saturated heterocycles. The first-order valence-corrected chi connectivity index (χ1v) is 8.98. The first-order chi connectivity index (χ1) is 11.6. The SMILES string of the molecule is Cc1nnc2n1CC(C(=O)O)N(C(=O)C1CC1C1CCCCC1)C2. The van der Waals surface area contributed by atoms with E-state index in [2.05, 4.69) is 10.2 Å². The largest absolute Gasteiger partial charge is 0.480 e. The molecule has 0 spiro atoms. The number of hydrogen-bond acceptors (Lipinski definition) is 4. The lowest BCUT2D eigenvalue weighted by Gasteiger charge is -2.34. The van der Waals surface area contributed by atoms with Crippen molar-refractivity contribution in [2.75, 3.05) is 0 Å². The number of aromatic nitrogens is 3. The molecule has 24 heavy (non-hydrogen) atoms. The van der Waals surface area contributed by atoms with Crippen molar-refractivity contribution in [2.45, 2.75) is 64.6 Å². The van der Waals surface area contributed by atoms with Crippen molar-refractivity contribution in [1.29, 1.82) is 0 Å². The molecule has 1 N–H and O–H groups in total. The van der Waals surface area contributed by atoms with Crippen LogP contribution >= 0.6 is 0 Å². The molecule has 1 amide bonds. The van der Waals surface area contributed by atoms with Crippen molar-refractivity contribution in [1.82, 2.24) is 19.7 Å². The molecule has 1 aromatic heterocycles. The monoisotopic (exact) mass is 332 g/mol. The van der Waals surface area contributed by atoms with Crippen molar-refractivity contribution in [3.8, 4) is 0 Å². The molecule has 2 fully saturated rings. The summed E-state index contributed by atoms with van der Waals surface area (Å²) in [7, 11) is 0. The first kappa shape index (κ1) is 15.6. The summed E-state index contributed by atoms with van der Waals surface area (Å²) >= 11 is 0. The number of rotatable bonds is 3. The first-order valence-electron chi connectivity index (χ1n) is 8.98. The Labute approximate surface area is 141 Å². The minimum absolute atomic E-state index is 0.00452. The second kappa shape index (κ2) is 5.86. The summed E-state index contributed by atoms with van der Waals surface area (Å²) in [5.41, 5.74) is 0. The van der Waals surface area contributed by atoms with Gasteiger partial charge in [-0.3, -0.25) is 4.79 Å². The van der Waals surface area contributed by atoms with Crippen LogP contribution in [0.2, 0.25) is 0 Å². The number of carbonyl (C=O) groups excluding carboxylic acids is 1. The average Bonchev–Trinajstić information content (AvgIpc) is 3.32. The Balaban J connectivity index is 1.50. The molecular weight excluding hydrogens is 308 g/mol. The van der Waals surface area contributed by atoms with Crippen LogP contribution in [-0.2, 0) is 22.7 Å². The van der Waals surface area contributed by atoms with E-state index in [1.165, 1.54) is 37.0 Å². The zero-order valence-electron chi connectivity index (χ0n) is 14.0. The molecule has 2 saturated carbocycles. The molecule has 3 unspecified atom stereocenters. The van der Waals surface area contributed by atoms with Gasteiger partial charge in [0.2, 0.25) is 5.91 Å². The van der Waals surface area contributed by atoms with Crippen molar-refractivity contribution in [2.24, 2.45) is 17.8 Å². The van der Waals surface area contributed by atoms with E-state index in [4.69, 9.17) is 0 Å². The van der Waals surface area contributed by atoms with Gasteiger partial charge in [0.1, 0.15) is 11.9 Å². The third kappa shape index (κ3) is 2.59. The Morgan fingerprint density at radius 2 is 1.92 bits per heavy atom. The Morgan fingerprint density at radius 1 is 1.17 bits per heavy atom. The number of aryl methyl sites for hydroxylation is 1. The van der Waals surface area contributed by atoms with E-state index < -0.39 is 12.0 Å². The van der Waals surface area contributed by atoms with E-state index in [-0.39, 0.29) is 24.9 Å². The molecule has 3 aliphatic rings. The lowest BCUT2D eigenvalue weighted by atomic mass is 9.85. The highest BCUT2D eigenvalue weighted by atomic mass is 16.4. The second-order valence-electron chi connectivity index (χ2n) is 7.50. The maximum Gasteiger partial charge on any atom is 0.328 e. The van der Waals surface area contributed by atoms with Crippen LogP contribution in [0.5, 0.6) is 0 Å². The normalized spacial score (nSPS) is 30.0. The number of carboxylic acid groups (broad SMARTS) is 1. The van der Waals surface area contributed by atoms with Gasteiger partial charge in [0.05, 0.1) is 13.1 Å². The fourth-order valence-corrected chi connectivity index (χ4v) is 4.55. The molecule has 1 aromatic rings. The van der Waals surface area contributed by atoms with Gasteiger partial charge in [-0.25, -0.2) is 4.79 Å². The van der Waals surface area contributed by atoms with E-state index in [9.17, 15) is 14.7 Å². The molecule has 130 valence electrons. The van der Waals surface area contributed by atoms with Gasteiger partial charge < -0.3 is 14.6 Å². The minimum atomic E-state index is -0.947. The fraction of sp³-hybridized carbons (Fsp3) is 0.765. The van der Waals surface area contributed by atoms with E-state index in [0.717, 1.165) is 6.42 Å². The van der Waals surface area contributed by atoms with Crippen LogP contribution in [-0.4, -0.2) is 42.7 Å². The van der Waals surface area contributed by atoms with Gasteiger partial charge in [-0.2, -0.15) is 0 Å². The number of fused-ring (bicyclic) bond motifs is 1. The van der Waals surface area contributed by atoms with Gasteiger partial charge in [0.15, 0.2) is 5.82 Å². The van der Waals surface area contributed by atoms with Gasteiger partial charge in [-0.15, -0.1) is 10.2 Å². The zero-order valence-corrected chi connectivity index (χ0v) is 14.0. The van der Waals surface area contributed by atoms with E-state index in [0.29, 0.717) is 23.5 Å². The Bertz CT molecular complexity index is 665. The zero-order chi connectivity index (χ0) is 16.8. The van der Waals surface area contributed by atoms with Gasteiger partial charge in [0, 0.05) is 5.92 Å². The number of aliphatic carboxylic acids is 1. The van der Waals surface area contributed by atoms with Crippen LogP contribution in [0.15, 0.2) is 0 Å². The molecule has 2 heterocycles. The van der Waals surface area contributed by atoms with Crippen LogP contribution in [0.4, 0.5) is 0 Å². The van der Waals surface area contributed by atoms with Crippen LogP contribution in [0, 0.1) is 24.7 Å². The minimum Gasteiger partial charge on any atom is -0.480 e. The quantitative estimate of drug-likeness (QED) is 0.908. The van der Waals surface area contributed by atoms with Gasteiger partial charge in [-0.1, -0.05) is 32.1 Å². The summed E-state index contributed by atoms with van der Waals surface area (Å²) in [6.45, 7) is 2.31. The van der Waals surface area contributed by atoms with Gasteiger partial charge in [0.25, 0.3) is 0 Å². The summed E-state index contributed by atoms with van der Waals surface area (Å²) in [5.74, 6) is 1.59. The summed E-state index contributed by atoms with van der Waals surface area (Å²) in [6, 6.07) is -0.813. The summed E-state index contributed by atoms with van der Waals surface area (Å²) in [4.78, 5) is 26.2. The molecule has 7 heteroatoms. The van der Waals surface area contributed by atoms with E-state index >= 15 is 0 Å². The molecule has 3 atom stereocenters. The smallest absolute Gasteiger partial charge is 0.328 e. The van der Waals surface area contributed by atoms with E-state index in [1.54, 1.807) is 0 Å². The van der Waals surface area contributed by atoms with Crippen LogP contribution < -0.4 is 0 Å². The molecule has 0 radical (unpaired) electrons. The highest BCUT2D eigenvalue weighted by Crippen LogP contribution is 2.50. The second-order valence-corrected chi connectivity index (χ2v) is 7.50. The molecule has 0 bridgehead atoms. The Kier molecular flexibility index (Phi) is 3.81. The molecule has 0 aromatic carbocycles. The van der Waals surface area contributed by atoms with Gasteiger partial charge in [-0.05, 0) is 25.2 Å². The third-order valence-electron chi connectivity index (χ3n) is 6.04.